The lowest BCUT2D eigenvalue weighted by atomic mass is 10.0. The van der Waals surface area contributed by atoms with Gasteiger partial charge in [0.15, 0.2) is 9.84 Å². The van der Waals surface area contributed by atoms with E-state index in [1.807, 2.05) is 31.2 Å². The molecule has 0 aliphatic carbocycles. The predicted octanol–water partition coefficient (Wildman–Crippen LogP) is 3.36. The topological polar surface area (TPSA) is 75.2 Å². The molecule has 1 N–H and O–H groups in total. The molecule has 0 amide bonds. The number of hydrogen-bond donors (Lipinski definition) is 1. The fourth-order valence-electron chi connectivity index (χ4n) is 3.45. The van der Waals surface area contributed by atoms with Crippen molar-refractivity contribution in [2.24, 2.45) is 0 Å². The van der Waals surface area contributed by atoms with Gasteiger partial charge in [-0.25, -0.2) is 18.4 Å². The molecule has 1 fully saturated rings. The molecule has 26 heavy (non-hydrogen) atoms. The molecule has 7 heteroatoms. The van der Waals surface area contributed by atoms with Crippen LogP contribution in [0.15, 0.2) is 36.7 Å². The molecule has 1 saturated heterocycles. The molecule has 1 atom stereocenters. The van der Waals surface area contributed by atoms with Crippen molar-refractivity contribution in [2.45, 2.75) is 39.2 Å². The van der Waals surface area contributed by atoms with Gasteiger partial charge < -0.3 is 10.2 Å². The Morgan fingerprint density at radius 3 is 2.69 bits per heavy atom. The summed E-state index contributed by atoms with van der Waals surface area (Å²) in [7, 11) is -2.93. The minimum absolute atomic E-state index is 0.0179. The molecular weight excluding hydrogens is 348 g/mol. The summed E-state index contributed by atoms with van der Waals surface area (Å²) in [5.41, 5.74) is 2.25. The summed E-state index contributed by atoms with van der Waals surface area (Å²) < 4.78 is 23.7. The first-order valence-corrected chi connectivity index (χ1v) is 10.9. The number of hydrogen-bond acceptors (Lipinski definition) is 6. The van der Waals surface area contributed by atoms with Crippen molar-refractivity contribution in [3.05, 3.63) is 42.2 Å². The van der Waals surface area contributed by atoms with E-state index in [4.69, 9.17) is 0 Å². The minimum Gasteiger partial charge on any atom is -0.353 e. The second-order valence-electron chi connectivity index (χ2n) is 6.97. The SMILES string of the molecule is CCN(c1cc(Nc2ccccc2C(C)C)ncn1)C1CCS(=O)(=O)C1. The van der Waals surface area contributed by atoms with E-state index in [0.29, 0.717) is 24.7 Å². The fourth-order valence-corrected chi connectivity index (χ4v) is 5.18. The molecule has 0 radical (unpaired) electrons. The largest absolute Gasteiger partial charge is 0.353 e. The molecule has 140 valence electrons. The van der Waals surface area contributed by atoms with E-state index in [1.165, 1.54) is 11.9 Å². The highest BCUT2D eigenvalue weighted by molar-refractivity contribution is 7.91. The first-order valence-electron chi connectivity index (χ1n) is 9.04. The third kappa shape index (κ3) is 4.15. The summed E-state index contributed by atoms with van der Waals surface area (Å²) in [5, 5.41) is 3.38. The Morgan fingerprint density at radius 2 is 2.04 bits per heavy atom. The Bertz CT molecular complexity index is 867. The number of nitrogens with zero attached hydrogens (tertiary/aromatic N) is 3. The minimum atomic E-state index is -2.93. The van der Waals surface area contributed by atoms with Crippen LogP contribution in [0.3, 0.4) is 0 Å². The Kier molecular flexibility index (Phi) is 5.46. The summed E-state index contributed by atoms with van der Waals surface area (Å²) >= 11 is 0. The van der Waals surface area contributed by atoms with Gasteiger partial charge in [0.05, 0.1) is 11.5 Å². The number of anilines is 3. The van der Waals surface area contributed by atoms with Crippen molar-refractivity contribution in [1.82, 2.24) is 9.97 Å². The number of para-hydroxylation sites is 1. The second kappa shape index (κ2) is 7.61. The molecule has 2 aromatic rings. The maximum absolute atomic E-state index is 11.8. The molecule has 3 rings (SSSR count). The molecular formula is C19H26N4O2S. The van der Waals surface area contributed by atoms with Gasteiger partial charge in [-0.3, -0.25) is 0 Å². The predicted molar refractivity (Wildman–Crippen MR) is 106 cm³/mol. The summed E-state index contributed by atoms with van der Waals surface area (Å²) in [6.07, 6.45) is 2.18. The van der Waals surface area contributed by atoms with Crippen molar-refractivity contribution in [2.75, 3.05) is 28.3 Å². The molecule has 1 aliphatic rings. The Balaban J connectivity index is 1.84. The van der Waals surface area contributed by atoms with Crippen LogP contribution in [-0.4, -0.2) is 42.5 Å². The highest BCUT2D eigenvalue weighted by Gasteiger charge is 2.32. The average molecular weight is 375 g/mol. The van der Waals surface area contributed by atoms with Gasteiger partial charge in [0, 0.05) is 24.3 Å². The van der Waals surface area contributed by atoms with Crippen LogP contribution in [-0.2, 0) is 9.84 Å². The lowest BCUT2D eigenvalue weighted by Crippen LogP contribution is -2.36. The zero-order valence-corrected chi connectivity index (χ0v) is 16.3. The number of aromatic nitrogens is 2. The van der Waals surface area contributed by atoms with Crippen LogP contribution < -0.4 is 10.2 Å². The monoisotopic (exact) mass is 374 g/mol. The van der Waals surface area contributed by atoms with Crippen molar-refractivity contribution >= 4 is 27.2 Å². The number of nitrogens with one attached hydrogen (secondary N) is 1. The van der Waals surface area contributed by atoms with Crippen LogP contribution in [0.4, 0.5) is 17.3 Å². The summed E-state index contributed by atoms with van der Waals surface area (Å²) in [4.78, 5) is 10.8. The van der Waals surface area contributed by atoms with E-state index >= 15 is 0 Å². The van der Waals surface area contributed by atoms with E-state index in [2.05, 4.69) is 40.1 Å². The van der Waals surface area contributed by atoms with Gasteiger partial charge in [-0.05, 0) is 30.9 Å². The van der Waals surface area contributed by atoms with E-state index in [-0.39, 0.29) is 17.5 Å². The first-order chi connectivity index (χ1) is 12.4. The lowest BCUT2D eigenvalue weighted by Gasteiger charge is -2.28. The molecule has 6 nitrogen and oxygen atoms in total. The van der Waals surface area contributed by atoms with Crippen LogP contribution >= 0.6 is 0 Å². The molecule has 1 aliphatic heterocycles. The smallest absolute Gasteiger partial charge is 0.152 e. The van der Waals surface area contributed by atoms with Crippen molar-refractivity contribution in [1.29, 1.82) is 0 Å². The van der Waals surface area contributed by atoms with Crippen molar-refractivity contribution in [3.63, 3.8) is 0 Å². The molecule has 1 aromatic carbocycles. The lowest BCUT2D eigenvalue weighted by molar-refractivity contribution is 0.599. The zero-order chi connectivity index (χ0) is 18.7. The highest BCUT2D eigenvalue weighted by atomic mass is 32.2. The van der Waals surface area contributed by atoms with Crippen LogP contribution in [0.2, 0.25) is 0 Å². The average Bonchev–Trinajstić information content (AvgIpc) is 2.96. The highest BCUT2D eigenvalue weighted by Crippen LogP contribution is 2.28. The van der Waals surface area contributed by atoms with Crippen molar-refractivity contribution < 1.29 is 8.42 Å². The zero-order valence-electron chi connectivity index (χ0n) is 15.5. The maximum atomic E-state index is 11.8. The third-order valence-corrected chi connectivity index (χ3v) is 6.53. The molecule has 0 spiro atoms. The van der Waals surface area contributed by atoms with Gasteiger partial charge in [0.25, 0.3) is 0 Å². The van der Waals surface area contributed by atoms with Crippen LogP contribution in [0.25, 0.3) is 0 Å². The fraction of sp³-hybridized carbons (Fsp3) is 0.474. The Morgan fingerprint density at radius 1 is 1.27 bits per heavy atom. The van der Waals surface area contributed by atoms with E-state index in [0.717, 1.165) is 11.5 Å². The molecule has 0 bridgehead atoms. The van der Waals surface area contributed by atoms with Gasteiger partial charge in [-0.1, -0.05) is 32.0 Å². The Hall–Kier alpha value is -2.15. The van der Waals surface area contributed by atoms with Crippen LogP contribution in [0.5, 0.6) is 0 Å². The number of sulfone groups is 1. The van der Waals surface area contributed by atoms with Crippen LogP contribution in [0, 0.1) is 0 Å². The van der Waals surface area contributed by atoms with Gasteiger partial charge in [0.2, 0.25) is 0 Å². The van der Waals surface area contributed by atoms with E-state index in [1.54, 1.807) is 0 Å². The Labute approximate surface area is 155 Å². The van der Waals surface area contributed by atoms with Crippen LogP contribution in [0.1, 0.15) is 38.7 Å². The molecule has 1 unspecified atom stereocenters. The summed E-state index contributed by atoms with van der Waals surface area (Å²) in [6, 6.07) is 10.1. The molecule has 2 heterocycles. The normalized spacial score (nSPS) is 18.8. The maximum Gasteiger partial charge on any atom is 0.152 e. The summed E-state index contributed by atoms with van der Waals surface area (Å²) in [5.74, 6) is 2.32. The van der Waals surface area contributed by atoms with Gasteiger partial charge in [-0.2, -0.15) is 0 Å². The molecule has 0 saturated carbocycles. The van der Waals surface area contributed by atoms with E-state index in [9.17, 15) is 8.42 Å². The quantitative estimate of drug-likeness (QED) is 0.836. The number of benzene rings is 1. The summed E-state index contributed by atoms with van der Waals surface area (Å²) in [6.45, 7) is 7.05. The number of rotatable bonds is 6. The third-order valence-electron chi connectivity index (χ3n) is 4.78. The second-order valence-corrected chi connectivity index (χ2v) is 9.20. The van der Waals surface area contributed by atoms with Gasteiger partial charge in [0.1, 0.15) is 18.0 Å². The first kappa shape index (κ1) is 18.6. The van der Waals surface area contributed by atoms with Gasteiger partial charge >= 0.3 is 0 Å². The molecule has 1 aromatic heterocycles. The van der Waals surface area contributed by atoms with Gasteiger partial charge in [-0.15, -0.1) is 0 Å². The van der Waals surface area contributed by atoms with E-state index < -0.39 is 9.84 Å². The standard InChI is InChI=1S/C19H26N4O2S/c1-4-23(15-9-10-26(24,25)12-15)19-11-18(20-13-21-19)22-17-8-6-5-7-16(17)14(2)3/h5-8,11,13-15H,4,9-10,12H2,1-3H3,(H,20,21,22). The van der Waals surface area contributed by atoms with Crippen molar-refractivity contribution in [3.8, 4) is 0 Å².